The number of aliphatic hydroxyl groups excluding tert-OH is 1. The van der Waals surface area contributed by atoms with Crippen molar-refractivity contribution in [2.24, 2.45) is 0 Å². The molecule has 0 unspecified atom stereocenters. The van der Waals surface area contributed by atoms with Gasteiger partial charge in [0.2, 0.25) is 0 Å². The Balaban J connectivity index is 3.17. The Bertz CT molecular complexity index is 336. The lowest BCUT2D eigenvalue weighted by atomic mass is 9.99. The van der Waals surface area contributed by atoms with Crippen molar-refractivity contribution in [1.29, 1.82) is 5.26 Å². The Morgan fingerprint density at radius 1 is 1.54 bits per heavy atom. The molecule has 1 rings (SSSR count). The molecule has 0 bridgehead atoms. The number of hydrogen-bond acceptors (Lipinski definition) is 2. The molecule has 0 aliphatic carbocycles. The van der Waals surface area contributed by atoms with E-state index >= 15 is 0 Å². The van der Waals surface area contributed by atoms with Gasteiger partial charge in [-0.3, -0.25) is 0 Å². The molecule has 0 aromatic heterocycles. The summed E-state index contributed by atoms with van der Waals surface area (Å²) >= 11 is 0. The van der Waals surface area contributed by atoms with Gasteiger partial charge in [-0.15, -0.1) is 0 Å². The predicted molar refractivity (Wildman–Crippen MR) is 51.2 cm³/mol. The summed E-state index contributed by atoms with van der Waals surface area (Å²) in [6.07, 6.45) is 0.387. The number of benzene rings is 1. The molecule has 2 nitrogen and oxygen atoms in total. The zero-order chi connectivity index (χ0) is 9.84. The van der Waals surface area contributed by atoms with Gasteiger partial charge in [0.25, 0.3) is 0 Å². The van der Waals surface area contributed by atoms with Crippen molar-refractivity contribution >= 4 is 0 Å². The topological polar surface area (TPSA) is 44.0 Å². The largest absolute Gasteiger partial charge is 0.389 e. The van der Waals surface area contributed by atoms with Crippen LogP contribution in [-0.4, -0.2) is 5.11 Å². The maximum absolute atomic E-state index is 9.42. The molecule has 0 saturated heterocycles. The molecule has 1 N–H and O–H groups in total. The molecule has 0 amide bonds. The van der Waals surface area contributed by atoms with Gasteiger partial charge < -0.3 is 5.11 Å². The van der Waals surface area contributed by atoms with Gasteiger partial charge in [0.1, 0.15) is 0 Å². The Hall–Kier alpha value is -1.33. The van der Waals surface area contributed by atoms with E-state index in [2.05, 4.69) is 6.07 Å². The average Bonchev–Trinajstić information content (AvgIpc) is 2.16. The van der Waals surface area contributed by atoms with Crippen LogP contribution in [0.2, 0.25) is 0 Å². The van der Waals surface area contributed by atoms with E-state index in [4.69, 9.17) is 5.26 Å². The molecular weight excluding hydrogens is 162 g/mol. The van der Waals surface area contributed by atoms with Crippen LogP contribution < -0.4 is 0 Å². The van der Waals surface area contributed by atoms with E-state index < -0.39 is 6.10 Å². The maximum atomic E-state index is 9.42. The highest BCUT2D eigenvalue weighted by Crippen LogP contribution is 2.19. The quantitative estimate of drug-likeness (QED) is 0.748. The number of aryl methyl sites for hydroxylation is 1. The van der Waals surface area contributed by atoms with Crippen LogP contribution >= 0.6 is 0 Å². The molecule has 68 valence electrons. The van der Waals surface area contributed by atoms with Crippen LogP contribution in [0.1, 0.15) is 36.6 Å². The summed E-state index contributed by atoms with van der Waals surface area (Å²) in [7, 11) is 0. The van der Waals surface area contributed by atoms with Gasteiger partial charge in [-0.2, -0.15) is 5.26 Å². The Morgan fingerprint density at radius 3 is 2.69 bits per heavy atom. The number of nitriles is 1. The SMILES string of the molecule is CCc1cc(C#N)ccc1[C@@H](C)O. The molecule has 0 aliphatic rings. The minimum absolute atomic E-state index is 0.456. The van der Waals surface area contributed by atoms with E-state index in [0.717, 1.165) is 17.5 Å². The van der Waals surface area contributed by atoms with Gasteiger partial charge >= 0.3 is 0 Å². The first kappa shape index (κ1) is 9.76. The summed E-state index contributed by atoms with van der Waals surface area (Å²) in [5.41, 5.74) is 2.62. The third-order valence-electron chi connectivity index (χ3n) is 2.10. The molecule has 1 atom stereocenters. The van der Waals surface area contributed by atoms with Gasteiger partial charge in [-0.05, 0) is 36.6 Å². The lowest BCUT2D eigenvalue weighted by Gasteiger charge is -2.10. The van der Waals surface area contributed by atoms with E-state index in [1.54, 1.807) is 13.0 Å². The molecule has 2 heteroatoms. The lowest BCUT2D eigenvalue weighted by molar-refractivity contribution is 0.198. The number of nitrogens with zero attached hydrogens (tertiary/aromatic N) is 1. The zero-order valence-corrected chi connectivity index (χ0v) is 7.91. The van der Waals surface area contributed by atoms with Crippen molar-refractivity contribution in [2.75, 3.05) is 0 Å². The van der Waals surface area contributed by atoms with Crippen LogP contribution in [0.5, 0.6) is 0 Å². The van der Waals surface area contributed by atoms with Crippen LogP contribution in [0, 0.1) is 11.3 Å². The molecule has 13 heavy (non-hydrogen) atoms. The van der Waals surface area contributed by atoms with Gasteiger partial charge in [-0.1, -0.05) is 13.0 Å². The van der Waals surface area contributed by atoms with Crippen LogP contribution in [0.25, 0.3) is 0 Å². The fourth-order valence-electron chi connectivity index (χ4n) is 1.39. The third-order valence-corrected chi connectivity index (χ3v) is 2.10. The first-order valence-electron chi connectivity index (χ1n) is 4.40. The van der Waals surface area contributed by atoms with Crippen LogP contribution in [-0.2, 0) is 6.42 Å². The molecule has 1 aromatic carbocycles. The van der Waals surface area contributed by atoms with Gasteiger partial charge in [-0.25, -0.2) is 0 Å². The van der Waals surface area contributed by atoms with Crippen molar-refractivity contribution in [3.8, 4) is 6.07 Å². The second kappa shape index (κ2) is 4.06. The summed E-state index contributed by atoms with van der Waals surface area (Å²) in [6.45, 7) is 3.75. The Morgan fingerprint density at radius 2 is 2.23 bits per heavy atom. The highest BCUT2D eigenvalue weighted by atomic mass is 16.3. The fourth-order valence-corrected chi connectivity index (χ4v) is 1.39. The second-order valence-corrected chi connectivity index (χ2v) is 3.05. The fraction of sp³-hybridized carbons (Fsp3) is 0.364. The van der Waals surface area contributed by atoms with Crippen molar-refractivity contribution in [1.82, 2.24) is 0 Å². The standard InChI is InChI=1S/C11H13NO/c1-3-10-6-9(7-12)4-5-11(10)8(2)13/h4-6,8,13H,3H2,1-2H3/t8-/m1/s1. The predicted octanol–water partition coefficient (Wildman–Crippen LogP) is 2.17. The zero-order valence-electron chi connectivity index (χ0n) is 7.91. The number of hydrogen-bond donors (Lipinski definition) is 1. The van der Waals surface area contributed by atoms with Gasteiger partial charge in [0.15, 0.2) is 0 Å². The number of rotatable bonds is 2. The van der Waals surface area contributed by atoms with Crippen LogP contribution in [0.15, 0.2) is 18.2 Å². The van der Waals surface area contributed by atoms with Gasteiger partial charge in [0, 0.05) is 0 Å². The molecular formula is C11H13NO. The average molecular weight is 175 g/mol. The molecule has 0 fully saturated rings. The summed E-state index contributed by atoms with van der Waals surface area (Å²) < 4.78 is 0. The van der Waals surface area contributed by atoms with Gasteiger partial charge in [0.05, 0.1) is 17.7 Å². The van der Waals surface area contributed by atoms with Crippen molar-refractivity contribution in [3.05, 3.63) is 34.9 Å². The van der Waals surface area contributed by atoms with Crippen LogP contribution in [0.3, 0.4) is 0 Å². The minimum atomic E-state index is -0.456. The summed E-state index contributed by atoms with van der Waals surface area (Å²) in [4.78, 5) is 0. The molecule has 0 heterocycles. The first-order valence-corrected chi connectivity index (χ1v) is 4.40. The smallest absolute Gasteiger partial charge is 0.0991 e. The van der Waals surface area contributed by atoms with Crippen molar-refractivity contribution in [3.63, 3.8) is 0 Å². The normalized spacial score (nSPS) is 12.2. The van der Waals surface area contributed by atoms with E-state index in [9.17, 15) is 5.11 Å². The maximum Gasteiger partial charge on any atom is 0.0991 e. The van der Waals surface area contributed by atoms with E-state index in [-0.39, 0.29) is 0 Å². The Kier molecular flexibility index (Phi) is 3.05. The lowest BCUT2D eigenvalue weighted by Crippen LogP contribution is -1.97. The first-order chi connectivity index (χ1) is 6.19. The highest BCUT2D eigenvalue weighted by molar-refractivity contribution is 5.39. The molecule has 1 aromatic rings. The van der Waals surface area contributed by atoms with E-state index in [0.29, 0.717) is 5.56 Å². The minimum Gasteiger partial charge on any atom is -0.389 e. The second-order valence-electron chi connectivity index (χ2n) is 3.05. The monoisotopic (exact) mass is 175 g/mol. The molecule has 0 saturated carbocycles. The molecule has 0 aliphatic heterocycles. The van der Waals surface area contributed by atoms with Crippen molar-refractivity contribution in [2.45, 2.75) is 26.4 Å². The van der Waals surface area contributed by atoms with Crippen LogP contribution in [0.4, 0.5) is 0 Å². The molecule has 0 spiro atoms. The highest BCUT2D eigenvalue weighted by Gasteiger charge is 2.06. The summed E-state index contributed by atoms with van der Waals surface area (Å²) in [5, 5.41) is 18.1. The van der Waals surface area contributed by atoms with Crippen molar-refractivity contribution < 1.29 is 5.11 Å². The van der Waals surface area contributed by atoms with E-state index in [1.165, 1.54) is 0 Å². The van der Waals surface area contributed by atoms with E-state index in [1.807, 2.05) is 19.1 Å². The Labute approximate surface area is 78.4 Å². The summed E-state index contributed by atoms with van der Waals surface area (Å²) in [5.74, 6) is 0. The molecule has 0 radical (unpaired) electrons. The summed E-state index contributed by atoms with van der Waals surface area (Å²) in [6, 6.07) is 7.48. The number of aliphatic hydroxyl groups is 1. The third kappa shape index (κ3) is 2.07.